The molecular formula is C21H28F3N3O2. The molecule has 160 valence electrons. The summed E-state index contributed by atoms with van der Waals surface area (Å²) < 4.78 is 38.4. The first kappa shape index (κ1) is 21.5. The van der Waals surface area contributed by atoms with Crippen molar-refractivity contribution in [3.63, 3.8) is 0 Å². The third-order valence-corrected chi connectivity index (χ3v) is 5.73. The van der Waals surface area contributed by atoms with Crippen molar-refractivity contribution in [2.45, 2.75) is 57.2 Å². The van der Waals surface area contributed by atoms with Crippen molar-refractivity contribution in [2.24, 2.45) is 5.92 Å². The monoisotopic (exact) mass is 411 g/mol. The Labute approximate surface area is 169 Å². The number of nitrogens with one attached hydrogen (secondary N) is 2. The van der Waals surface area contributed by atoms with Gasteiger partial charge < -0.3 is 15.5 Å². The third kappa shape index (κ3) is 6.11. The van der Waals surface area contributed by atoms with Crippen LogP contribution in [-0.2, 0) is 15.8 Å². The molecule has 1 saturated carbocycles. The fraction of sp³-hybridized carbons (Fsp3) is 0.619. The lowest BCUT2D eigenvalue weighted by molar-refractivity contribution is -0.137. The standard InChI is InChI=1S/C21H28F3N3O2/c22-21(23,24)16-7-4-10-18(12-16)25-13-19(28)27-11-5-6-15(14-27)20(29)26-17-8-2-1-3-9-17/h4,7,10,12,15,17,25H,1-3,5-6,8-9,11,13-14H2,(H,26,29). The van der Waals surface area contributed by atoms with Gasteiger partial charge in [0, 0.05) is 24.8 Å². The van der Waals surface area contributed by atoms with E-state index >= 15 is 0 Å². The highest BCUT2D eigenvalue weighted by Crippen LogP contribution is 2.30. The number of alkyl halides is 3. The minimum absolute atomic E-state index is 0.0141. The minimum Gasteiger partial charge on any atom is -0.376 e. The number of amides is 2. The molecule has 1 heterocycles. The van der Waals surface area contributed by atoms with E-state index in [9.17, 15) is 22.8 Å². The van der Waals surface area contributed by atoms with Crippen LogP contribution in [0.1, 0.15) is 50.5 Å². The van der Waals surface area contributed by atoms with Gasteiger partial charge in [0.1, 0.15) is 0 Å². The number of carbonyl (C=O) groups is 2. The van der Waals surface area contributed by atoms with E-state index < -0.39 is 11.7 Å². The molecule has 2 fully saturated rings. The zero-order valence-corrected chi connectivity index (χ0v) is 16.4. The van der Waals surface area contributed by atoms with Crippen molar-refractivity contribution in [1.82, 2.24) is 10.2 Å². The second kappa shape index (κ2) is 9.50. The molecule has 2 amide bonds. The summed E-state index contributed by atoms with van der Waals surface area (Å²) in [5, 5.41) is 5.90. The maximum Gasteiger partial charge on any atom is 0.416 e. The van der Waals surface area contributed by atoms with Crippen molar-refractivity contribution < 1.29 is 22.8 Å². The first-order valence-corrected chi connectivity index (χ1v) is 10.3. The fourth-order valence-corrected chi connectivity index (χ4v) is 4.08. The predicted octanol–water partition coefficient (Wildman–Crippen LogP) is 3.80. The van der Waals surface area contributed by atoms with Gasteiger partial charge in [0.2, 0.25) is 11.8 Å². The largest absolute Gasteiger partial charge is 0.416 e. The van der Waals surface area contributed by atoms with E-state index in [-0.39, 0.29) is 36.0 Å². The second-order valence-electron chi connectivity index (χ2n) is 7.95. The quantitative estimate of drug-likeness (QED) is 0.775. The molecule has 0 radical (unpaired) electrons. The Morgan fingerprint density at radius 1 is 1.07 bits per heavy atom. The molecule has 1 unspecified atom stereocenters. The molecule has 3 rings (SSSR count). The molecule has 1 aromatic carbocycles. The SMILES string of the molecule is O=C(NC1CCCCC1)C1CCCN(C(=O)CNc2cccc(C(F)(F)F)c2)C1. The van der Waals surface area contributed by atoms with E-state index in [4.69, 9.17) is 0 Å². The summed E-state index contributed by atoms with van der Waals surface area (Å²) in [7, 11) is 0. The summed E-state index contributed by atoms with van der Waals surface area (Å²) in [6, 6.07) is 5.03. The highest BCUT2D eigenvalue weighted by atomic mass is 19.4. The Balaban J connectivity index is 1.50. The van der Waals surface area contributed by atoms with Gasteiger partial charge in [-0.15, -0.1) is 0 Å². The number of benzene rings is 1. The highest BCUT2D eigenvalue weighted by molar-refractivity contribution is 5.83. The molecular weight excluding hydrogens is 383 g/mol. The van der Waals surface area contributed by atoms with Gasteiger partial charge >= 0.3 is 6.18 Å². The Kier molecular flexibility index (Phi) is 7.03. The topological polar surface area (TPSA) is 61.4 Å². The molecule has 5 nitrogen and oxygen atoms in total. The zero-order valence-electron chi connectivity index (χ0n) is 16.4. The number of halogens is 3. The van der Waals surface area contributed by atoms with Gasteiger partial charge in [-0.25, -0.2) is 0 Å². The first-order chi connectivity index (χ1) is 13.8. The van der Waals surface area contributed by atoms with E-state index in [1.54, 1.807) is 4.90 Å². The molecule has 0 bridgehead atoms. The van der Waals surface area contributed by atoms with Crippen LogP contribution >= 0.6 is 0 Å². The maximum absolute atomic E-state index is 12.8. The number of likely N-dealkylation sites (tertiary alicyclic amines) is 1. The van der Waals surface area contributed by atoms with Gasteiger partial charge in [-0.2, -0.15) is 13.2 Å². The Morgan fingerprint density at radius 3 is 2.55 bits per heavy atom. The van der Waals surface area contributed by atoms with Crippen LogP contribution in [0.5, 0.6) is 0 Å². The molecule has 1 aromatic rings. The number of rotatable bonds is 5. The van der Waals surface area contributed by atoms with Gasteiger partial charge in [0.25, 0.3) is 0 Å². The minimum atomic E-state index is -4.42. The highest BCUT2D eigenvalue weighted by Gasteiger charge is 2.31. The third-order valence-electron chi connectivity index (χ3n) is 5.73. The van der Waals surface area contributed by atoms with Crippen LogP contribution in [0.25, 0.3) is 0 Å². The van der Waals surface area contributed by atoms with Gasteiger partial charge in [0.15, 0.2) is 0 Å². The number of piperidine rings is 1. The van der Waals surface area contributed by atoms with Crippen LogP contribution in [0.2, 0.25) is 0 Å². The fourth-order valence-electron chi connectivity index (χ4n) is 4.08. The van der Waals surface area contributed by atoms with Crippen LogP contribution < -0.4 is 10.6 Å². The number of anilines is 1. The van der Waals surface area contributed by atoms with E-state index in [1.807, 2.05) is 0 Å². The average molecular weight is 411 g/mol. The lowest BCUT2D eigenvalue weighted by Crippen LogP contribution is -2.49. The molecule has 2 N–H and O–H groups in total. The normalized spacial score (nSPS) is 20.9. The summed E-state index contributed by atoms with van der Waals surface area (Å²) in [5.41, 5.74) is -0.510. The van der Waals surface area contributed by atoms with Crippen molar-refractivity contribution >= 4 is 17.5 Å². The van der Waals surface area contributed by atoms with Crippen molar-refractivity contribution in [2.75, 3.05) is 25.0 Å². The van der Waals surface area contributed by atoms with Crippen molar-refractivity contribution in [1.29, 1.82) is 0 Å². The lowest BCUT2D eigenvalue weighted by Gasteiger charge is -2.33. The van der Waals surface area contributed by atoms with Gasteiger partial charge in [-0.3, -0.25) is 9.59 Å². The van der Waals surface area contributed by atoms with Crippen LogP contribution in [0.3, 0.4) is 0 Å². The summed E-state index contributed by atoms with van der Waals surface area (Å²) in [5.74, 6) is -0.416. The van der Waals surface area contributed by atoms with Crippen LogP contribution in [-0.4, -0.2) is 42.4 Å². The molecule has 0 aromatic heterocycles. The van der Waals surface area contributed by atoms with Crippen LogP contribution in [0.4, 0.5) is 18.9 Å². The smallest absolute Gasteiger partial charge is 0.376 e. The molecule has 29 heavy (non-hydrogen) atoms. The molecule has 1 saturated heterocycles. The molecule has 2 aliphatic rings. The maximum atomic E-state index is 12.8. The van der Waals surface area contributed by atoms with E-state index in [2.05, 4.69) is 10.6 Å². The van der Waals surface area contributed by atoms with Crippen molar-refractivity contribution in [3.8, 4) is 0 Å². The summed E-state index contributed by atoms with van der Waals surface area (Å²) in [6.07, 6.45) is 2.61. The average Bonchev–Trinajstić information content (AvgIpc) is 2.72. The van der Waals surface area contributed by atoms with E-state index in [0.717, 1.165) is 50.7 Å². The van der Waals surface area contributed by atoms with Crippen LogP contribution in [0, 0.1) is 5.92 Å². The van der Waals surface area contributed by atoms with Crippen LogP contribution in [0.15, 0.2) is 24.3 Å². The number of nitrogens with zero attached hydrogens (tertiary/aromatic N) is 1. The van der Waals surface area contributed by atoms with Gasteiger partial charge in [-0.1, -0.05) is 25.3 Å². The second-order valence-corrected chi connectivity index (χ2v) is 7.95. The summed E-state index contributed by atoms with van der Waals surface area (Å²) in [6.45, 7) is 0.830. The van der Waals surface area contributed by atoms with Gasteiger partial charge in [0.05, 0.1) is 18.0 Å². The summed E-state index contributed by atoms with van der Waals surface area (Å²) >= 11 is 0. The Hall–Kier alpha value is -2.25. The molecule has 0 spiro atoms. The van der Waals surface area contributed by atoms with E-state index in [0.29, 0.717) is 13.1 Å². The Bertz CT molecular complexity index is 717. The number of carbonyl (C=O) groups excluding carboxylic acids is 2. The van der Waals surface area contributed by atoms with Crippen molar-refractivity contribution in [3.05, 3.63) is 29.8 Å². The number of hydrogen-bond donors (Lipinski definition) is 2. The van der Waals surface area contributed by atoms with Gasteiger partial charge in [-0.05, 0) is 43.9 Å². The first-order valence-electron chi connectivity index (χ1n) is 10.3. The zero-order chi connectivity index (χ0) is 20.9. The lowest BCUT2D eigenvalue weighted by atomic mass is 9.93. The predicted molar refractivity (Wildman–Crippen MR) is 104 cm³/mol. The molecule has 8 heteroatoms. The molecule has 1 aliphatic carbocycles. The molecule has 1 aliphatic heterocycles. The number of hydrogen-bond acceptors (Lipinski definition) is 3. The summed E-state index contributed by atoms with van der Waals surface area (Å²) in [4.78, 5) is 26.7. The molecule has 1 atom stereocenters. The van der Waals surface area contributed by atoms with E-state index in [1.165, 1.54) is 18.6 Å². The Morgan fingerprint density at radius 2 is 1.83 bits per heavy atom.